The molecule has 0 saturated carbocycles. The third kappa shape index (κ3) is 9.56. The van der Waals surface area contributed by atoms with Gasteiger partial charge in [-0.15, -0.1) is 0 Å². The van der Waals surface area contributed by atoms with Gasteiger partial charge >= 0.3 is 6.09 Å². The number of hydrogen-bond donors (Lipinski definition) is 6. The van der Waals surface area contributed by atoms with Crippen molar-refractivity contribution in [2.24, 2.45) is 0 Å². The number of rotatable bonds is 13. The van der Waals surface area contributed by atoms with E-state index in [1.54, 1.807) is 18.2 Å². The summed E-state index contributed by atoms with van der Waals surface area (Å²) in [6, 6.07) is 23.7. The number of nitrogens with one attached hydrogen (secondary N) is 4. The number of fused-ring (bicyclic) bond motifs is 1. The molecule has 53 heavy (non-hydrogen) atoms. The third-order valence-electron chi connectivity index (χ3n) is 9.15. The van der Waals surface area contributed by atoms with Crippen molar-refractivity contribution in [3.63, 3.8) is 0 Å². The first-order valence-corrected chi connectivity index (χ1v) is 17.7. The number of para-hydroxylation sites is 1. The van der Waals surface area contributed by atoms with Crippen LogP contribution in [0, 0.1) is 0 Å². The van der Waals surface area contributed by atoms with Crippen LogP contribution in [0.4, 0.5) is 21.9 Å². The van der Waals surface area contributed by atoms with Crippen LogP contribution in [0.1, 0.15) is 36.5 Å². The number of likely N-dealkylation sites (tertiary alicyclic amines) is 1. The molecule has 1 fully saturated rings. The monoisotopic (exact) mass is 743 g/mol. The highest BCUT2D eigenvalue weighted by Gasteiger charge is 2.26. The number of piperidine rings is 1. The van der Waals surface area contributed by atoms with Crippen molar-refractivity contribution in [3.8, 4) is 28.4 Å². The number of benzene rings is 4. The topological polar surface area (TPSA) is 171 Å². The molecule has 2 heterocycles. The van der Waals surface area contributed by atoms with E-state index in [1.807, 2.05) is 54.6 Å². The number of aromatic hydroxyl groups is 1. The van der Waals surface area contributed by atoms with Crippen molar-refractivity contribution < 1.29 is 38.8 Å². The summed E-state index contributed by atoms with van der Waals surface area (Å²) in [5.41, 5.74) is 4.26. The summed E-state index contributed by atoms with van der Waals surface area (Å²) in [6.45, 7) is 2.10. The number of hydrogen-bond acceptors (Lipinski definition) is 10. The molecule has 4 aromatic carbocycles. The average Bonchev–Trinajstić information content (AvgIpc) is 3.16. The van der Waals surface area contributed by atoms with Gasteiger partial charge in [0, 0.05) is 61.9 Å². The predicted molar refractivity (Wildman–Crippen MR) is 202 cm³/mol. The zero-order valence-electron chi connectivity index (χ0n) is 29.2. The predicted octanol–water partition coefficient (Wildman–Crippen LogP) is 5.92. The molecule has 278 valence electrons. The molecule has 2 aliphatic rings. The number of nitrogens with zero attached hydrogens (tertiary/aromatic N) is 1. The molecule has 4 aromatic rings. The van der Waals surface area contributed by atoms with E-state index in [1.165, 1.54) is 13.2 Å². The lowest BCUT2D eigenvalue weighted by Gasteiger charge is -2.31. The van der Waals surface area contributed by atoms with Crippen LogP contribution < -0.4 is 30.7 Å². The van der Waals surface area contributed by atoms with E-state index >= 15 is 0 Å². The number of carbonyl (C=O) groups is 3. The first-order chi connectivity index (χ1) is 25.7. The minimum Gasteiger partial charge on any atom is -0.506 e. The van der Waals surface area contributed by atoms with Gasteiger partial charge in [0.25, 0.3) is 5.91 Å². The number of methoxy groups -OCH3 is 1. The molecule has 14 heteroatoms. The minimum absolute atomic E-state index is 0.119. The Balaban J connectivity index is 0.936. The van der Waals surface area contributed by atoms with E-state index < -0.39 is 18.1 Å². The lowest BCUT2D eigenvalue weighted by atomic mass is 10.0. The molecular weight excluding hydrogens is 702 g/mol. The number of aliphatic hydroxyl groups excluding tert-OH is 1. The number of ether oxygens (including phenoxy) is 3. The highest BCUT2D eigenvalue weighted by atomic mass is 35.5. The van der Waals surface area contributed by atoms with Crippen molar-refractivity contribution >= 4 is 46.6 Å². The second kappa shape index (κ2) is 17.5. The first kappa shape index (κ1) is 37.4. The van der Waals surface area contributed by atoms with Gasteiger partial charge in [0.1, 0.15) is 23.3 Å². The lowest BCUT2D eigenvalue weighted by Crippen LogP contribution is -2.39. The van der Waals surface area contributed by atoms with Crippen molar-refractivity contribution in [1.29, 1.82) is 0 Å². The maximum atomic E-state index is 12.9. The zero-order valence-corrected chi connectivity index (χ0v) is 29.9. The maximum Gasteiger partial charge on any atom is 0.411 e. The van der Waals surface area contributed by atoms with Crippen molar-refractivity contribution in [3.05, 3.63) is 95.0 Å². The van der Waals surface area contributed by atoms with Crippen LogP contribution in [-0.2, 0) is 20.9 Å². The van der Waals surface area contributed by atoms with E-state index in [2.05, 4.69) is 26.2 Å². The van der Waals surface area contributed by atoms with Crippen LogP contribution in [0.25, 0.3) is 11.1 Å². The molecule has 6 rings (SSSR count). The van der Waals surface area contributed by atoms with Crippen molar-refractivity contribution in [1.82, 2.24) is 10.2 Å². The Morgan fingerprint density at radius 2 is 1.77 bits per heavy atom. The molecule has 1 unspecified atom stereocenters. The smallest absolute Gasteiger partial charge is 0.411 e. The number of phenolic OH excluding ortho intramolecular Hbond substituents is 1. The summed E-state index contributed by atoms with van der Waals surface area (Å²) < 4.78 is 16.8. The van der Waals surface area contributed by atoms with Crippen molar-refractivity contribution in [2.45, 2.75) is 38.0 Å². The van der Waals surface area contributed by atoms with Crippen molar-refractivity contribution in [2.75, 3.05) is 55.8 Å². The quantitative estimate of drug-likeness (QED) is 0.0905. The molecule has 13 nitrogen and oxygen atoms in total. The Bertz CT molecular complexity index is 1940. The summed E-state index contributed by atoms with van der Waals surface area (Å²) in [4.78, 5) is 39.5. The van der Waals surface area contributed by atoms with Gasteiger partial charge in [-0.3, -0.25) is 14.9 Å². The average molecular weight is 744 g/mol. The summed E-state index contributed by atoms with van der Waals surface area (Å²) in [5, 5.41) is 32.8. The van der Waals surface area contributed by atoms with Gasteiger partial charge in [0.05, 0.1) is 29.6 Å². The van der Waals surface area contributed by atoms with E-state index in [0.29, 0.717) is 65.7 Å². The summed E-state index contributed by atoms with van der Waals surface area (Å²) in [6.07, 6.45) is -0.148. The Hall–Kier alpha value is -5.34. The van der Waals surface area contributed by atoms with Gasteiger partial charge in [-0.1, -0.05) is 60.1 Å². The van der Waals surface area contributed by atoms with Gasteiger partial charge in [0.2, 0.25) is 5.91 Å². The molecule has 0 aromatic heterocycles. The highest BCUT2D eigenvalue weighted by molar-refractivity contribution is 6.33. The molecule has 0 radical (unpaired) electrons. The lowest BCUT2D eigenvalue weighted by molar-refractivity contribution is -0.119. The standard InChI is InChI=1S/C39H42ClN5O8/c1-51-34-20-31(29(40)19-25(34)21-41-22-33(47)28-11-12-32(46)37-38(28)52-23-36(49)44-37)42-35(48)15-18-45-16-13-26(14-17-45)53-39(50)43-30-10-6-5-9-27(30)24-7-3-2-4-8-24/h2-12,19-20,26,33,41,46-47H,13-18,21-23H2,1H3,(H,42,48)(H,43,50)(H,44,49). The van der Waals surface area contributed by atoms with Crippen LogP contribution in [0.3, 0.4) is 0 Å². The van der Waals surface area contributed by atoms with Gasteiger partial charge < -0.3 is 45.3 Å². The highest BCUT2D eigenvalue weighted by Crippen LogP contribution is 2.41. The van der Waals surface area contributed by atoms with E-state index in [4.69, 9.17) is 25.8 Å². The second-order valence-corrected chi connectivity index (χ2v) is 13.2. The molecule has 1 saturated heterocycles. The third-order valence-corrected chi connectivity index (χ3v) is 9.46. The fraction of sp³-hybridized carbons (Fsp3) is 0.308. The van der Waals surface area contributed by atoms with E-state index in [0.717, 1.165) is 11.1 Å². The van der Waals surface area contributed by atoms with Crippen LogP contribution in [-0.4, -0.2) is 79.0 Å². The van der Waals surface area contributed by atoms with Gasteiger partial charge in [0.15, 0.2) is 12.4 Å². The number of amides is 3. The maximum absolute atomic E-state index is 12.9. The molecule has 1 atom stereocenters. The molecule has 3 amide bonds. The summed E-state index contributed by atoms with van der Waals surface area (Å²) in [7, 11) is 1.52. The number of aliphatic hydroxyl groups is 1. The normalized spacial score (nSPS) is 15.0. The molecular formula is C39H42ClN5O8. The molecule has 0 bridgehead atoms. The van der Waals surface area contributed by atoms with Gasteiger partial charge in [-0.2, -0.15) is 0 Å². The molecule has 0 aliphatic carbocycles. The zero-order chi connectivity index (χ0) is 37.3. The Kier molecular flexibility index (Phi) is 12.3. The number of phenols is 1. The Morgan fingerprint density at radius 1 is 1.02 bits per heavy atom. The van der Waals surface area contributed by atoms with Gasteiger partial charge in [-0.25, -0.2) is 4.79 Å². The fourth-order valence-corrected chi connectivity index (χ4v) is 6.62. The van der Waals surface area contributed by atoms with Crippen LogP contribution in [0.5, 0.6) is 17.2 Å². The largest absolute Gasteiger partial charge is 0.506 e. The SMILES string of the molecule is COc1cc(NC(=O)CCN2CCC(OC(=O)Nc3ccccc3-c3ccccc3)CC2)c(Cl)cc1CNCC(O)c1ccc(O)c2c1OCC(=O)N2. The molecule has 0 spiro atoms. The second-order valence-electron chi connectivity index (χ2n) is 12.8. The van der Waals surface area contributed by atoms with Crippen LogP contribution >= 0.6 is 11.6 Å². The van der Waals surface area contributed by atoms with Crippen LogP contribution in [0.15, 0.2) is 78.9 Å². The fourth-order valence-electron chi connectivity index (χ4n) is 6.39. The number of carbonyl (C=O) groups excluding carboxylic acids is 3. The summed E-state index contributed by atoms with van der Waals surface area (Å²) in [5.74, 6) is -0.0322. The Labute approximate surface area is 312 Å². The van der Waals surface area contributed by atoms with Crippen LogP contribution in [0.2, 0.25) is 5.02 Å². The first-order valence-electron chi connectivity index (χ1n) is 17.4. The summed E-state index contributed by atoms with van der Waals surface area (Å²) >= 11 is 6.56. The molecule has 2 aliphatic heterocycles. The Morgan fingerprint density at radius 3 is 2.55 bits per heavy atom. The van der Waals surface area contributed by atoms with E-state index in [-0.39, 0.29) is 55.3 Å². The van der Waals surface area contributed by atoms with Gasteiger partial charge in [-0.05, 0) is 42.7 Å². The number of halogens is 1. The van der Waals surface area contributed by atoms with E-state index in [9.17, 15) is 24.6 Å². The minimum atomic E-state index is -1.01. The number of anilines is 3. The molecule has 6 N–H and O–H groups in total.